The van der Waals surface area contributed by atoms with Crippen molar-refractivity contribution < 1.29 is 0 Å². The number of hydrogen-bond acceptors (Lipinski definition) is 1. The van der Waals surface area contributed by atoms with Gasteiger partial charge >= 0.3 is 0 Å². The van der Waals surface area contributed by atoms with Gasteiger partial charge in [0.15, 0.2) is 0 Å². The van der Waals surface area contributed by atoms with Crippen LogP contribution < -0.4 is 0 Å². The topological polar surface area (TPSA) is 0 Å². The fourth-order valence-electron chi connectivity index (χ4n) is 0.834. The van der Waals surface area contributed by atoms with E-state index in [0.717, 1.165) is 5.33 Å². The van der Waals surface area contributed by atoms with Crippen molar-refractivity contribution in [1.29, 1.82) is 0 Å². The third-order valence-electron chi connectivity index (χ3n) is 1.48. The molecule has 66 valence electrons. The highest BCUT2D eigenvalue weighted by Crippen LogP contribution is 2.27. The molecule has 12 heavy (non-hydrogen) atoms. The van der Waals surface area contributed by atoms with Crippen molar-refractivity contribution in [2.24, 2.45) is 0 Å². The lowest BCUT2D eigenvalue weighted by Gasteiger charge is -1.89. The Morgan fingerprint density at radius 1 is 1.67 bits per heavy atom. The number of aryl methyl sites for hydroxylation is 1. The maximum Gasteiger partial charge on any atom is 0.0317 e. The van der Waals surface area contributed by atoms with Gasteiger partial charge in [0.2, 0.25) is 0 Å². The van der Waals surface area contributed by atoms with Gasteiger partial charge in [-0.05, 0) is 41.9 Å². The van der Waals surface area contributed by atoms with E-state index in [0.29, 0.717) is 0 Å². The number of alkyl halides is 1. The molecule has 1 rings (SSSR count). The van der Waals surface area contributed by atoms with Crippen LogP contribution in [-0.2, 0) is 0 Å². The summed E-state index contributed by atoms with van der Waals surface area (Å²) in [5, 5.41) is 0.946. The van der Waals surface area contributed by atoms with Gasteiger partial charge < -0.3 is 0 Å². The van der Waals surface area contributed by atoms with Crippen molar-refractivity contribution in [2.75, 3.05) is 5.33 Å². The first kappa shape index (κ1) is 10.5. The first-order valence-electron chi connectivity index (χ1n) is 3.62. The van der Waals surface area contributed by atoms with Gasteiger partial charge in [-0.3, -0.25) is 0 Å². The molecule has 1 heterocycles. The molecule has 1 aromatic rings. The Bertz CT molecular complexity index is 280. The molecule has 0 fully saturated rings. The zero-order valence-electron chi connectivity index (χ0n) is 7.03. The van der Waals surface area contributed by atoms with Gasteiger partial charge in [-0.1, -0.05) is 21.5 Å². The van der Waals surface area contributed by atoms with Gasteiger partial charge in [-0.15, -0.1) is 11.3 Å². The summed E-state index contributed by atoms with van der Waals surface area (Å²) in [6, 6.07) is 2.16. The second-order valence-electron chi connectivity index (χ2n) is 2.68. The predicted octanol–water partition coefficient (Wildman–Crippen LogP) is 4.62. The molecule has 0 aliphatic carbocycles. The van der Waals surface area contributed by atoms with Crippen LogP contribution in [-0.4, -0.2) is 5.33 Å². The summed E-state index contributed by atoms with van der Waals surface area (Å²) in [6.07, 6.45) is 2.21. The largest absolute Gasteiger partial charge is 0.140 e. The van der Waals surface area contributed by atoms with Crippen molar-refractivity contribution in [2.45, 2.75) is 13.8 Å². The number of rotatable bonds is 2. The summed E-state index contributed by atoms with van der Waals surface area (Å²) >= 11 is 8.73. The molecule has 0 unspecified atom stereocenters. The number of halogens is 2. The normalized spacial score (nSPS) is 12.2. The molecule has 0 saturated carbocycles. The van der Waals surface area contributed by atoms with Crippen LogP contribution in [0.5, 0.6) is 0 Å². The Hall–Kier alpha value is 0.400. The molecule has 3 heteroatoms. The molecule has 0 aromatic carbocycles. The minimum atomic E-state index is 0.946. The SMILES string of the molecule is CC(=Cc1cc(Br)c(C)s1)CBr. The van der Waals surface area contributed by atoms with Crippen LogP contribution in [0.2, 0.25) is 0 Å². The molecule has 0 amide bonds. The van der Waals surface area contributed by atoms with Crippen LogP contribution in [0.25, 0.3) is 6.08 Å². The molecule has 0 nitrogen and oxygen atoms in total. The lowest BCUT2D eigenvalue weighted by Crippen LogP contribution is -1.72. The zero-order chi connectivity index (χ0) is 9.14. The van der Waals surface area contributed by atoms with E-state index >= 15 is 0 Å². The molecule has 0 aliphatic heterocycles. The van der Waals surface area contributed by atoms with E-state index in [1.54, 1.807) is 0 Å². The maximum absolute atomic E-state index is 3.50. The molecule has 0 bridgehead atoms. The molecule has 0 N–H and O–H groups in total. The van der Waals surface area contributed by atoms with Crippen LogP contribution in [0.15, 0.2) is 16.1 Å². The summed E-state index contributed by atoms with van der Waals surface area (Å²) in [7, 11) is 0. The van der Waals surface area contributed by atoms with Crippen LogP contribution in [0.4, 0.5) is 0 Å². The molecule has 0 radical (unpaired) electrons. The van der Waals surface area contributed by atoms with Gasteiger partial charge in [0.05, 0.1) is 0 Å². The second kappa shape index (κ2) is 4.58. The molecule has 0 atom stereocenters. The summed E-state index contributed by atoms with van der Waals surface area (Å²) in [5.74, 6) is 0. The van der Waals surface area contributed by atoms with Gasteiger partial charge in [-0.25, -0.2) is 0 Å². The quantitative estimate of drug-likeness (QED) is 0.699. The first-order valence-corrected chi connectivity index (χ1v) is 6.35. The number of thiophene rings is 1. The minimum Gasteiger partial charge on any atom is -0.140 e. The second-order valence-corrected chi connectivity index (χ2v) is 5.38. The Balaban J connectivity index is 2.90. The number of allylic oxidation sites excluding steroid dienone is 1. The van der Waals surface area contributed by atoms with Crippen LogP contribution in [0.3, 0.4) is 0 Å². The molecule has 1 aromatic heterocycles. The van der Waals surface area contributed by atoms with E-state index in [1.807, 2.05) is 11.3 Å². The highest BCUT2D eigenvalue weighted by Gasteiger charge is 1.99. The fraction of sp³-hybridized carbons (Fsp3) is 0.333. The summed E-state index contributed by atoms with van der Waals surface area (Å²) in [6.45, 7) is 4.24. The first-order chi connectivity index (χ1) is 5.63. The molecular weight excluding hydrogens is 300 g/mol. The van der Waals surface area contributed by atoms with Crippen LogP contribution in [0, 0.1) is 6.92 Å². The summed E-state index contributed by atoms with van der Waals surface area (Å²) in [4.78, 5) is 2.65. The standard InChI is InChI=1S/C9H10Br2S/c1-6(5-10)3-8-4-9(11)7(2)12-8/h3-4H,5H2,1-2H3. The van der Waals surface area contributed by atoms with Crippen molar-refractivity contribution >= 4 is 49.3 Å². The van der Waals surface area contributed by atoms with Crippen LogP contribution in [0.1, 0.15) is 16.7 Å². The smallest absolute Gasteiger partial charge is 0.0317 e. The third kappa shape index (κ3) is 2.71. The third-order valence-corrected chi connectivity index (χ3v) is 4.44. The average molecular weight is 310 g/mol. The Morgan fingerprint density at radius 2 is 2.33 bits per heavy atom. The fourth-order valence-corrected chi connectivity index (χ4v) is 2.58. The highest BCUT2D eigenvalue weighted by molar-refractivity contribution is 9.10. The van der Waals surface area contributed by atoms with E-state index in [-0.39, 0.29) is 0 Å². The van der Waals surface area contributed by atoms with E-state index < -0.39 is 0 Å². The minimum absolute atomic E-state index is 0.946. The van der Waals surface area contributed by atoms with E-state index in [1.165, 1.54) is 19.8 Å². The average Bonchev–Trinajstić information content (AvgIpc) is 2.31. The lowest BCUT2D eigenvalue weighted by atomic mass is 10.3. The lowest BCUT2D eigenvalue weighted by molar-refractivity contribution is 1.46. The summed E-state index contributed by atoms with van der Waals surface area (Å²) < 4.78 is 1.21. The van der Waals surface area contributed by atoms with Gasteiger partial charge in [0.25, 0.3) is 0 Å². The van der Waals surface area contributed by atoms with E-state index in [4.69, 9.17) is 0 Å². The molecule has 0 saturated heterocycles. The van der Waals surface area contributed by atoms with Gasteiger partial charge in [0.1, 0.15) is 0 Å². The van der Waals surface area contributed by atoms with Crippen molar-refractivity contribution in [1.82, 2.24) is 0 Å². The van der Waals surface area contributed by atoms with Gasteiger partial charge in [-0.2, -0.15) is 0 Å². The maximum atomic E-state index is 3.50. The van der Waals surface area contributed by atoms with Crippen molar-refractivity contribution in [3.63, 3.8) is 0 Å². The molecular formula is C9H10Br2S. The summed E-state index contributed by atoms with van der Waals surface area (Å²) in [5.41, 5.74) is 1.35. The van der Waals surface area contributed by atoms with Gasteiger partial charge in [0, 0.05) is 19.6 Å². The Labute approximate surface area is 93.9 Å². The Morgan fingerprint density at radius 3 is 2.75 bits per heavy atom. The highest BCUT2D eigenvalue weighted by atomic mass is 79.9. The Kier molecular flexibility index (Phi) is 4.00. The molecule has 0 spiro atoms. The number of hydrogen-bond donors (Lipinski definition) is 0. The van der Waals surface area contributed by atoms with Crippen molar-refractivity contribution in [3.8, 4) is 0 Å². The van der Waals surface area contributed by atoms with Crippen LogP contribution >= 0.6 is 43.2 Å². The van der Waals surface area contributed by atoms with Crippen molar-refractivity contribution in [3.05, 3.63) is 25.9 Å². The van der Waals surface area contributed by atoms with E-state index in [9.17, 15) is 0 Å². The van der Waals surface area contributed by atoms with E-state index in [2.05, 4.69) is 57.8 Å². The zero-order valence-corrected chi connectivity index (χ0v) is 11.0. The predicted molar refractivity (Wildman–Crippen MR) is 64.2 cm³/mol. The monoisotopic (exact) mass is 308 g/mol. The molecule has 0 aliphatic rings.